The number of nitrogens with zero attached hydrogens (tertiary/aromatic N) is 1. The lowest BCUT2D eigenvalue weighted by molar-refractivity contribution is 0.111. The molecule has 0 aliphatic heterocycles. The molecule has 0 atom stereocenters. The number of halogens is 2. The molecule has 0 fully saturated rings. The number of rotatable bonds is 2. The van der Waals surface area contributed by atoms with Crippen molar-refractivity contribution < 1.29 is 4.79 Å². The number of carbonyl (C=O) groups is 1. The quantitative estimate of drug-likeness (QED) is 0.764. The van der Waals surface area contributed by atoms with Crippen LogP contribution in [0, 0.1) is 0 Å². The second-order valence-corrected chi connectivity index (χ2v) is 4.50. The van der Waals surface area contributed by atoms with E-state index < -0.39 is 0 Å². The van der Waals surface area contributed by atoms with Crippen LogP contribution in [-0.2, 0) is 0 Å². The largest absolute Gasteiger partial charge is 0.296 e. The molecule has 2 aromatic rings. The highest BCUT2D eigenvalue weighted by molar-refractivity contribution is 7.13. The molecule has 0 bridgehead atoms. The fraction of sp³-hybridized carbons (Fsp3) is 0. The molecular formula is C10H5Cl2NOS. The maximum atomic E-state index is 10.5. The van der Waals surface area contributed by atoms with Crippen molar-refractivity contribution >= 4 is 40.8 Å². The zero-order chi connectivity index (χ0) is 10.8. The van der Waals surface area contributed by atoms with Gasteiger partial charge in [0.05, 0.1) is 10.0 Å². The van der Waals surface area contributed by atoms with Gasteiger partial charge in [-0.05, 0) is 12.1 Å². The van der Waals surface area contributed by atoms with Crippen LogP contribution < -0.4 is 0 Å². The average Bonchev–Trinajstić information content (AvgIpc) is 2.70. The Bertz CT molecular complexity index is 510. The van der Waals surface area contributed by atoms with E-state index in [4.69, 9.17) is 23.2 Å². The molecule has 2 nitrogen and oxygen atoms in total. The van der Waals surface area contributed by atoms with Gasteiger partial charge in [0.15, 0.2) is 6.29 Å². The number of aldehydes is 1. The van der Waals surface area contributed by atoms with E-state index in [1.165, 1.54) is 11.3 Å². The molecule has 1 aromatic heterocycles. The summed E-state index contributed by atoms with van der Waals surface area (Å²) in [6.45, 7) is 0. The minimum atomic E-state index is 0.432. The fourth-order valence-electron chi connectivity index (χ4n) is 1.10. The second-order valence-electron chi connectivity index (χ2n) is 2.82. The van der Waals surface area contributed by atoms with Crippen molar-refractivity contribution in [2.45, 2.75) is 0 Å². The zero-order valence-electron chi connectivity index (χ0n) is 7.41. The van der Waals surface area contributed by atoms with Crippen molar-refractivity contribution in [2.24, 2.45) is 0 Å². The standard InChI is InChI=1S/C10H5Cl2NOS/c11-8-2-1-6(3-9(8)12)10-13-7(4-14)5-15-10/h1-5H. The third-order valence-corrected chi connectivity index (χ3v) is 3.46. The van der Waals surface area contributed by atoms with Crippen molar-refractivity contribution in [3.8, 4) is 10.6 Å². The predicted octanol–water partition coefficient (Wildman–Crippen LogP) is 3.93. The van der Waals surface area contributed by atoms with Crippen molar-refractivity contribution in [1.82, 2.24) is 4.98 Å². The summed E-state index contributed by atoms with van der Waals surface area (Å²) in [6.07, 6.45) is 0.720. The first-order valence-electron chi connectivity index (χ1n) is 4.07. The highest BCUT2D eigenvalue weighted by Gasteiger charge is 2.06. The van der Waals surface area contributed by atoms with E-state index >= 15 is 0 Å². The smallest absolute Gasteiger partial charge is 0.169 e. The van der Waals surface area contributed by atoms with Gasteiger partial charge in [0, 0.05) is 10.9 Å². The molecule has 2 rings (SSSR count). The summed E-state index contributed by atoms with van der Waals surface area (Å²) >= 11 is 13.1. The number of carbonyl (C=O) groups excluding carboxylic acids is 1. The average molecular weight is 258 g/mol. The third kappa shape index (κ3) is 2.20. The van der Waals surface area contributed by atoms with Crippen molar-refractivity contribution in [3.05, 3.63) is 39.3 Å². The van der Waals surface area contributed by atoms with Gasteiger partial charge in [0.1, 0.15) is 10.7 Å². The summed E-state index contributed by atoms with van der Waals surface area (Å²) in [6, 6.07) is 5.26. The first-order chi connectivity index (χ1) is 7.20. The fourth-order valence-corrected chi connectivity index (χ4v) is 2.16. The van der Waals surface area contributed by atoms with E-state index in [1.54, 1.807) is 17.5 Å². The van der Waals surface area contributed by atoms with Crippen molar-refractivity contribution in [3.63, 3.8) is 0 Å². The molecule has 5 heteroatoms. The molecule has 0 saturated carbocycles. The van der Waals surface area contributed by atoms with Crippen LogP contribution in [0.2, 0.25) is 10.0 Å². The Balaban J connectivity index is 2.44. The van der Waals surface area contributed by atoms with Gasteiger partial charge in [-0.3, -0.25) is 4.79 Å². The Kier molecular flexibility index (Phi) is 3.05. The summed E-state index contributed by atoms with van der Waals surface area (Å²) in [5.41, 5.74) is 1.29. The molecule has 0 saturated heterocycles. The molecule has 0 aliphatic rings. The zero-order valence-corrected chi connectivity index (χ0v) is 9.73. The molecular weight excluding hydrogens is 253 g/mol. The second kappa shape index (κ2) is 4.31. The SMILES string of the molecule is O=Cc1csc(-c2ccc(Cl)c(Cl)c2)n1. The van der Waals surface area contributed by atoms with E-state index in [0.717, 1.165) is 16.9 Å². The Hall–Kier alpha value is -0.900. The summed E-state index contributed by atoms with van der Waals surface area (Å²) in [4.78, 5) is 14.6. The monoisotopic (exact) mass is 257 g/mol. The highest BCUT2D eigenvalue weighted by Crippen LogP contribution is 2.29. The molecule has 0 N–H and O–H groups in total. The van der Waals surface area contributed by atoms with Gasteiger partial charge in [-0.2, -0.15) is 0 Å². The lowest BCUT2D eigenvalue weighted by Gasteiger charge is -1.98. The van der Waals surface area contributed by atoms with Gasteiger partial charge >= 0.3 is 0 Å². The van der Waals surface area contributed by atoms with Gasteiger partial charge in [0.2, 0.25) is 0 Å². The van der Waals surface area contributed by atoms with Gasteiger partial charge in [0.25, 0.3) is 0 Å². The maximum absolute atomic E-state index is 10.5. The molecule has 0 unspecified atom stereocenters. The van der Waals surface area contributed by atoms with Crippen LogP contribution in [0.1, 0.15) is 10.5 Å². The lowest BCUT2D eigenvalue weighted by atomic mass is 10.2. The lowest BCUT2D eigenvalue weighted by Crippen LogP contribution is -1.80. The van der Waals surface area contributed by atoms with E-state index in [-0.39, 0.29) is 0 Å². The molecule has 0 radical (unpaired) electrons. The third-order valence-electron chi connectivity index (χ3n) is 1.81. The summed E-state index contributed by atoms with van der Waals surface area (Å²) in [7, 11) is 0. The van der Waals surface area contributed by atoms with Crippen LogP contribution >= 0.6 is 34.5 Å². The number of thiazole rings is 1. The first-order valence-corrected chi connectivity index (χ1v) is 5.70. The van der Waals surface area contributed by atoms with Crippen LogP contribution in [0.4, 0.5) is 0 Å². The molecule has 0 aliphatic carbocycles. The normalized spacial score (nSPS) is 10.3. The van der Waals surface area contributed by atoms with Crippen LogP contribution in [0.25, 0.3) is 10.6 Å². The van der Waals surface area contributed by atoms with E-state index in [0.29, 0.717) is 15.7 Å². The molecule has 76 valence electrons. The van der Waals surface area contributed by atoms with Crippen molar-refractivity contribution in [1.29, 1.82) is 0 Å². The van der Waals surface area contributed by atoms with Crippen molar-refractivity contribution in [2.75, 3.05) is 0 Å². The summed E-state index contributed by atoms with van der Waals surface area (Å²) in [5.74, 6) is 0. The number of hydrogen-bond acceptors (Lipinski definition) is 3. The molecule has 1 aromatic carbocycles. The highest BCUT2D eigenvalue weighted by atomic mass is 35.5. The minimum absolute atomic E-state index is 0.432. The number of hydrogen-bond donors (Lipinski definition) is 0. The minimum Gasteiger partial charge on any atom is -0.296 e. The van der Waals surface area contributed by atoms with Crippen LogP contribution in [-0.4, -0.2) is 11.3 Å². The predicted molar refractivity (Wildman–Crippen MR) is 63.0 cm³/mol. The Labute approximate surface area is 100 Å². The number of aromatic nitrogens is 1. The Morgan fingerprint density at radius 2 is 2.07 bits per heavy atom. The first kappa shape index (κ1) is 10.6. The van der Waals surface area contributed by atoms with Crippen LogP contribution in [0.3, 0.4) is 0 Å². The topological polar surface area (TPSA) is 30.0 Å². The Morgan fingerprint density at radius 1 is 1.27 bits per heavy atom. The summed E-state index contributed by atoms with van der Waals surface area (Å²) in [5, 5.41) is 3.45. The van der Waals surface area contributed by atoms with Gasteiger partial charge in [-0.15, -0.1) is 11.3 Å². The maximum Gasteiger partial charge on any atom is 0.169 e. The summed E-state index contributed by atoms with van der Waals surface area (Å²) < 4.78 is 0. The number of benzene rings is 1. The van der Waals surface area contributed by atoms with Crippen LogP contribution in [0.15, 0.2) is 23.6 Å². The molecule has 0 amide bonds. The van der Waals surface area contributed by atoms with Gasteiger partial charge in [-0.1, -0.05) is 29.3 Å². The molecule has 15 heavy (non-hydrogen) atoms. The van der Waals surface area contributed by atoms with Crippen LogP contribution in [0.5, 0.6) is 0 Å². The van der Waals surface area contributed by atoms with Gasteiger partial charge < -0.3 is 0 Å². The Morgan fingerprint density at radius 3 is 2.67 bits per heavy atom. The van der Waals surface area contributed by atoms with Gasteiger partial charge in [-0.25, -0.2) is 4.98 Å². The molecule has 0 spiro atoms. The van der Waals surface area contributed by atoms with E-state index in [9.17, 15) is 4.79 Å². The van der Waals surface area contributed by atoms with E-state index in [2.05, 4.69) is 4.98 Å². The molecule has 1 heterocycles. The van der Waals surface area contributed by atoms with E-state index in [1.807, 2.05) is 6.07 Å².